The Hall–Kier alpha value is -3.29. The highest BCUT2D eigenvalue weighted by atomic mass is 19.1. The molecule has 2 aromatic carbocycles. The number of rotatable bonds is 6. The highest BCUT2D eigenvalue weighted by Crippen LogP contribution is 2.36. The van der Waals surface area contributed by atoms with Crippen molar-refractivity contribution >= 4 is 17.5 Å². The van der Waals surface area contributed by atoms with Crippen LogP contribution in [0.4, 0.5) is 4.39 Å². The fourth-order valence-electron chi connectivity index (χ4n) is 4.07. The maximum Gasteiger partial charge on any atom is 0.328 e. The summed E-state index contributed by atoms with van der Waals surface area (Å²) in [5.74, 6) is -2.69. The van der Waals surface area contributed by atoms with Gasteiger partial charge in [0.1, 0.15) is 5.82 Å². The molecule has 7 heteroatoms. The van der Waals surface area contributed by atoms with Crippen LogP contribution in [0.3, 0.4) is 0 Å². The lowest BCUT2D eigenvalue weighted by Gasteiger charge is -2.32. The van der Waals surface area contributed by atoms with Gasteiger partial charge in [-0.25, -0.2) is 14.0 Å². The summed E-state index contributed by atoms with van der Waals surface area (Å²) in [6, 6.07) is 13.4. The lowest BCUT2D eigenvalue weighted by Crippen LogP contribution is -2.44. The normalized spacial score (nSPS) is 16.1. The summed E-state index contributed by atoms with van der Waals surface area (Å²) in [6.45, 7) is 5.83. The Bertz CT molecular complexity index is 1020. The van der Waals surface area contributed by atoms with Crippen LogP contribution in [0.2, 0.25) is 0 Å². The zero-order valence-electron chi connectivity index (χ0n) is 18.7. The molecule has 0 saturated carbocycles. The van der Waals surface area contributed by atoms with Crippen molar-refractivity contribution in [3.05, 3.63) is 77.6 Å². The lowest BCUT2D eigenvalue weighted by molar-refractivity contribution is -0.134. The molecule has 1 aliphatic carbocycles. The van der Waals surface area contributed by atoms with Gasteiger partial charge in [-0.1, -0.05) is 36.4 Å². The van der Waals surface area contributed by atoms with Gasteiger partial charge in [-0.2, -0.15) is 0 Å². The first-order chi connectivity index (χ1) is 15.8. The first kappa shape index (κ1) is 24.4. The number of carboxylic acid groups (broad SMARTS) is 2. The van der Waals surface area contributed by atoms with E-state index in [0.717, 1.165) is 24.9 Å². The van der Waals surface area contributed by atoms with E-state index >= 15 is 0 Å². The van der Waals surface area contributed by atoms with Crippen LogP contribution in [0.5, 0.6) is 0 Å². The monoisotopic (exact) mass is 452 g/mol. The number of likely N-dealkylation sites (N-methyl/N-ethyl adjacent to an activating group) is 1. The van der Waals surface area contributed by atoms with E-state index in [9.17, 15) is 14.0 Å². The van der Waals surface area contributed by atoms with E-state index in [4.69, 9.17) is 10.2 Å². The van der Waals surface area contributed by atoms with E-state index in [1.54, 1.807) is 12.1 Å². The quantitative estimate of drug-likeness (QED) is 0.650. The molecule has 2 aromatic rings. The number of benzene rings is 2. The van der Waals surface area contributed by atoms with E-state index < -0.39 is 11.9 Å². The number of halogens is 1. The van der Waals surface area contributed by atoms with Crippen molar-refractivity contribution in [1.29, 1.82) is 0 Å². The van der Waals surface area contributed by atoms with Gasteiger partial charge in [-0.3, -0.25) is 0 Å². The summed E-state index contributed by atoms with van der Waals surface area (Å²) in [6.07, 6.45) is 5.60. The minimum atomic E-state index is -1.26. The predicted octanol–water partition coefficient (Wildman–Crippen LogP) is 3.78. The number of carbonyl (C=O) groups is 2. The molecular weight excluding hydrogens is 423 g/mol. The van der Waals surface area contributed by atoms with Crippen LogP contribution in [0.1, 0.15) is 17.5 Å². The predicted molar refractivity (Wildman–Crippen MR) is 126 cm³/mol. The first-order valence-electron chi connectivity index (χ1n) is 11.0. The summed E-state index contributed by atoms with van der Waals surface area (Å²) < 4.78 is 13.2. The number of hydrogen-bond acceptors (Lipinski definition) is 4. The van der Waals surface area contributed by atoms with Gasteiger partial charge in [-0.05, 0) is 59.8 Å². The molecule has 0 radical (unpaired) electrons. The number of fused-ring (bicyclic) bond motifs is 1. The lowest BCUT2D eigenvalue weighted by atomic mass is 9.94. The van der Waals surface area contributed by atoms with Gasteiger partial charge in [0, 0.05) is 44.9 Å². The van der Waals surface area contributed by atoms with Gasteiger partial charge >= 0.3 is 11.9 Å². The standard InChI is InChI=1S/C22H25FN2.C4H4O4/c1-24-13-15-25(16-14-24)12-11-18-7-10-22-20(3-2-4-21(18)22)17-5-8-19(23)9-6-17;5-3(6)1-2-4(7)8/h2-9H,10-16H2,1H3;1-2H,(H,5,6)(H,7,8)/b;2-1-. The fraction of sp³-hybridized carbons (Fsp3) is 0.308. The summed E-state index contributed by atoms with van der Waals surface area (Å²) in [5.41, 5.74) is 6.59. The molecule has 33 heavy (non-hydrogen) atoms. The zero-order chi connectivity index (χ0) is 23.8. The Balaban J connectivity index is 0.000000331. The zero-order valence-corrected chi connectivity index (χ0v) is 18.7. The topological polar surface area (TPSA) is 81.1 Å². The third-order valence-corrected chi connectivity index (χ3v) is 5.89. The summed E-state index contributed by atoms with van der Waals surface area (Å²) >= 11 is 0. The maximum absolute atomic E-state index is 13.2. The van der Waals surface area contributed by atoms with E-state index in [2.05, 4.69) is 41.1 Å². The van der Waals surface area contributed by atoms with E-state index in [1.807, 2.05) is 12.1 Å². The minimum absolute atomic E-state index is 0.178. The number of aliphatic carboxylic acids is 2. The SMILES string of the molecule is CN1CCN(CCC2=CCc3c2cccc3-c2ccc(F)cc2)CC1.O=C(O)/C=C\C(=O)O. The Kier molecular flexibility index (Phi) is 8.52. The van der Waals surface area contributed by atoms with Crippen LogP contribution < -0.4 is 0 Å². The summed E-state index contributed by atoms with van der Waals surface area (Å²) in [5, 5.41) is 15.6. The largest absolute Gasteiger partial charge is 0.478 e. The molecule has 1 saturated heterocycles. The average Bonchev–Trinajstić information content (AvgIpc) is 3.22. The third kappa shape index (κ3) is 7.10. The fourth-order valence-corrected chi connectivity index (χ4v) is 4.07. The smallest absolute Gasteiger partial charge is 0.328 e. The Morgan fingerprint density at radius 1 is 0.939 bits per heavy atom. The van der Waals surface area contributed by atoms with Crippen LogP contribution in [-0.4, -0.2) is 71.7 Å². The molecule has 174 valence electrons. The second-order valence-corrected chi connectivity index (χ2v) is 8.18. The highest BCUT2D eigenvalue weighted by Gasteiger charge is 2.19. The molecular formula is C26H29FN2O4. The first-order valence-corrected chi connectivity index (χ1v) is 11.0. The van der Waals surface area contributed by atoms with Crippen molar-refractivity contribution in [3.8, 4) is 11.1 Å². The van der Waals surface area contributed by atoms with Crippen LogP contribution in [0.15, 0.2) is 60.7 Å². The molecule has 2 N–H and O–H groups in total. The summed E-state index contributed by atoms with van der Waals surface area (Å²) in [7, 11) is 2.20. The van der Waals surface area contributed by atoms with Crippen molar-refractivity contribution in [3.63, 3.8) is 0 Å². The van der Waals surface area contributed by atoms with Crippen molar-refractivity contribution in [1.82, 2.24) is 9.80 Å². The van der Waals surface area contributed by atoms with Crippen LogP contribution >= 0.6 is 0 Å². The average molecular weight is 453 g/mol. The van der Waals surface area contributed by atoms with E-state index in [1.165, 1.54) is 48.4 Å². The van der Waals surface area contributed by atoms with Gasteiger partial charge < -0.3 is 20.0 Å². The van der Waals surface area contributed by atoms with Crippen molar-refractivity contribution in [2.45, 2.75) is 12.8 Å². The Morgan fingerprint density at radius 2 is 1.55 bits per heavy atom. The molecule has 0 bridgehead atoms. The molecule has 1 heterocycles. The number of hydrogen-bond donors (Lipinski definition) is 2. The number of allylic oxidation sites excluding steroid dienone is 1. The Morgan fingerprint density at radius 3 is 2.15 bits per heavy atom. The van der Waals surface area contributed by atoms with Gasteiger partial charge in [0.25, 0.3) is 0 Å². The third-order valence-electron chi connectivity index (χ3n) is 5.89. The van der Waals surface area contributed by atoms with Crippen molar-refractivity contribution < 1.29 is 24.2 Å². The van der Waals surface area contributed by atoms with E-state index in [-0.39, 0.29) is 5.82 Å². The Labute approximate surface area is 193 Å². The van der Waals surface area contributed by atoms with Crippen LogP contribution in [0, 0.1) is 5.82 Å². The van der Waals surface area contributed by atoms with Crippen LogP contribution in [-0.2, 0) is 16.0 Å². The molecule has 0 atom stereocenters. The molecule has 0 spiro atoms. The molecule has 4 rings (SSSR count). The van der Waals surface area contributed by atoms with Crippen molar-refractivity contribution in [2.24, 2.45) is 0 Å². The molecule has 0 amide bonds. The molecule has 1 fully saturated rings. The second kappa shape index (κ2) is 11.5. The number of nitrogens with zero attached hydrogens (tertiary/aromatic N) is 2. The number of carboxylic acids is 2. The van der Waals surface area contributed by atoms with E-state index in [0.29, 0.717) is 12.2 Å². The van der Waals surface area contributed by atoms with Gasteiger partial charge in [0.05, 0.1) is 0 Å². The number of piperazine rings is 1. The molecule has 0 aromatic heterocycles. The van der Waals surface area contributed by atoms with Gasteiger partial charge in [0.2, 0.25) is 0 Å². The highest BCUT2D eigenvalue weighted by molar-refractivity contribution is 5.89. The maximum atomic E-state index is 13.2. The summed E-state index contributed by atoms with van der Waals surface area (Å²) in [4.78, 5) is 24.1. The second-order valence-electron chi connectivity index (χ2n) is 8.18. The van der Waals surface area contributed by atoms with Crippen LogP contribution in [0.25, 0.3) is 16.7 Å². The van der Waals surface area contributed by atoms with Gasteiger partial charge in [0.15, 0.2) is 0 Å². The van der Waals surface area contributed by atoms with Crippen molar-refractivity contribution in [2.75, 3.05) is 39.8 Å². The minimum Gasteiger partial charge on any atom is -0.478 e. The van der Waals surface area contributed by atoms with Gasteiger partial charge in [-0.15, -0.1) is 0 Å². The molecule has 0 unspecified atom stereocenters. The molecule has 2 aliphatic rings. The molecule has 1 aliphatic heterocycles. The molecule has 6 nitrogen and oxygen atoms in total.